The Kier molecular flexibility index (Phi) is 3.49. The molecule has 1 fully saturated rings. The molecule has 1 aliphatic carbocycles. The molecule has 0 saturated heterocycles. The van der Waals surface area contributed by atoms with Gasteiger partial charge in [-0.2, -0.15) is 0 Å². The van der Waals surface area contributed by atoms with E-state index >= 15 is 0 Å². The van der Waals surface area contributed by atoms with Crippen molar-refractivity contribution in [3.05, 3.63) is 24.3 Å². The zero-order valence-corrected chi connectivity index (χ0v) is 9.08. The molecule has 2 nitrogen and oxygen atoms in total. The van der Waals surface area contributed by atoms with Crippen molar-refractivity contribution in [2.45, 2.75) is 44.6 Å². The van der Waals surface area contributed by atoms with Gasteiger partial charge in [0.05, 0.1) is 0 Å². The van der Waals surface area contributed by atoms with Crippen LogP contribution in [-0.4, -0.2) is 11.1 Å². The largest absolute Gasteiger partial charge is 0.508 e. The van der Waals surface area contributed by atoms with Crippen molar-refractivity contribution in [3.8, 4) is 5.75 Å². The quantitative estimate of drug-likeness (QED) is 0.724. The first-order valence-electron chi connectivity index (χ1n) is 5.90. The predicted molar refractivity (Wildman–Crippen MR) is 63.2 cm³/mol. The van der Waals surface area contributed by atoms with Crippen LogP contribution in [0.3, 0.4) is 0 Å². The summed E-state index contributed by atoms with van der Waals surface area (Å²) in [6.07, 6.45) is 7.93. The summed E-state index contributed by atoms with van der Waals surface area (Å²) in [5.74, 6) is 0.341. The number of phenolic OH excluding ortho intramolecular Hbond substituents is 1. The summed E-state index contributed by atoms with van der Waals surface area (Å²) in [6, 6.07) is 8.00. The molecular formula is C13H19NO. The average molecular weight is 205 g/mol. The average Bonchev–Trinajstić information content (AvgIpc) is 2.46. The molecule has 1 aromatic carbocycles. The molecule has 15 heavy (non-hydrogen) atoms. The van der Waals surface area contributed by atoms with E-state index < -0.39 is 0 Å². The summed E-state index contributed by atoms with van der Waals surface area (Å²) in [5, 5.41) is 12.9. The van der Waals surface area contributed by atoms with Crippen molar-refractivity contribution in [3.63, 3.8) is 0 Å². The molecule has 1 aromatic rings. The first-order valence-corrected chi connectivity index (χ1v) is 5.90. The Morgan fingerprint density at radius 1 is 1.07 bits per heavy atom. The molecule has 0 unspecified atom stereocenters. The molecule has 0 aromatic heterocycles. The second kappa shape index (κ2) is 5.06. The van der Waals surface area contributed by atoms with Crippen LogP contribution in [0.1, 0.15) is 38.5 Å². The zero-order chi connectivity index (χ0) is 10.5. The minimum Gasteiger partial charge on any atom is -0.508 e. The number of aromatic hydroxyl groups is 1. The third-order valence-corrected chi connectivity index (χ3v) is 3.07. The van der Waals surface area contributed by atoms with Crippen LogP contribution in [0.5, 0.6) is 5.75 Å². The third kappa shape index (κ3) is 3.15. The van der Waals surface area contributed by atoms with Crippen molar-refractivity contribution in [1.29, 1.82) is 0 Å². The first-order chi connectivity index (χ1) is 7.34. The predicted octanol–water partition coefficient (Wildman–Crippen LogP) is 3.53. The molecule has 2 N–H and O–H groups in total. The van der Waals surface area contributed by atoms with Gasteiger partial charge in [-0.1, -0.05) is 31.7 Å². The molecule has 0 radical (unpaired) electrons. The molecule has 0 heterocycles. The van der Waals surface area contributed by atoms with E-state index in [0.29, 0.717) is 11.8 Å². The smallest absolute Gasteiger partial charge is 0.117 e. The summed E-state index contributed by atoms with van der Waals surface area (Å²) in [5.41, 5.74) is 1.04. The topological polar surface area (TPSA) is 32.3 Å². The minimum absolute atomic E-state index is 0.341. The molecule has 0 spiro atoms. The van der Waals surface area contributed by atoms with E-state index in [2.05, 4.69) is 5.32 Å². The maximum atomic E-state index is 9.36. The van der Waals surface area contributed by atoms with Gasteiger partial charge in [-0.05, 0) is 25.0 Å². The molecule has 2 heteroatoms. The fraction of sp³-hybridized carbons (Fsp3) is 0.538. The van der Waals surface area contributed by atoms with Gasteiger partial charge < -0.3 is 10.4 Å². The monoisotopic (exact) mass is 205 g/mol. The Morgan fingerprint density at radius 3 is 2.47 bits per heavy atom. The minimum atomic E-state index is 0.341. The van der Waals surface area contributed by atoms with E-state index in [-0.39, 0.29) is 0 Å². The summed E-state index contributed by atoms with van der Waals surface area (Å²) in [7, 11) is 0. The highest BCUT2D eigenvalue weighted by Gasteiger charge is 2.11. The Labute approximate surface area is 91.3 Å². The maximum Gasteiger partial charge on any atom is 0.117 e. The molecular weight excluding hydrogens is 186 g/mol. The molecule has 1 saturated carbocycles. The second-order valence-corrected chi connectivity index (χ2v) is 4.38. The Hall–Kier alpha value is -1.18. The van der Waals surface area contributed by atoms with E-state index in [9.17, 15) is 5.11 Å². The summed E-state index contributed by atoms with van der Waals surface area (Å²) >= 11 is 0. The van der Waals surface area contributed by atoms with E-state index in [1.807, 2.05) is 12.1 Å². The molecule has 2 rings (SSSR count). The van der Waals surface area contributed by atoms with Crippen LogP contribution in [0.4, 0.5) is 5.69 Å². The van der Waals surface area contributed by atoms with Crippen LogP contribution in [-0.2, 0) is 0 Å². The fourth-order valence-corrected chi connectivity index (χ4v) is 2.26. The number of phenols is 1. The van der Waals surface area contributed by atoms with E-state index in [1.54, 1.807) is 12.1 Å². The van der Waals surface area contributed by atoms with Crippen LogP contribution in [0, 0.1) is 0 Å². The summed E-state index contributed by atoms with van der Waals surface area (Å²) < 4.78 is 0. The van der Waals surface area contributed by atoms with Gasteiger partial charge in [-0.3, -0.25) is 0 Å². The van der Waals surface area contributed by atoms with E-state index in [0.717, 1.165) is 5.69 Å². The number of hydrogen-bond donors (Lipinski definition) is 2. The molecule has 82 valence electrons. The SMILES string of the molecule is Oc1cccc(NC2CCCCCC2)c1. The Bertz CT molecular complexity index is 303. The number of nitrogens with one attached hydrogen (secondary N) is 1. The number of rotatable bonds is 2. The van der Waals surface area contributed by atoms with E-state index in [1.165, 1.54) is 38.5 Å². The number of hydrogen-bond acceptors (Lipinski definition) is 2. The summed E-state index contributed by atoms with van der Waals surface area (Å²) in [6.45, 7) is 0. The van der Waals surface area contributed by atoms with Gasteiger partial charge in [0.25, 0.3) is 0 Å². The highest BCUT2D eigenvalue weighted by Crippen LogP contribution is 2.22. The second-order valence-electron chi connectivity index (χ2n) is 4.38. The van der Waals surface area contributed by atoms with Crippen LogP contribution in [0.15, 0.2) is 24.3 Å². The standard InChI is InChI=1S/C13H19NO/c15-13-9-5-8-12(10-13)14-11-6-3-1-2-4-7-11/h5,8-11,14-15H,1-4,6-7H2. The van der Waals surface area contributed by atoms with Crippen molar-refractivity contribution in [2.24, 2.45) is 0 Å². The van der Waals surface area contributed by atoms with Gasteiger partial charge in [0, 0.05) is 17.8 Å². The normalized spacial score (nSPS) is 18.4. The highest BCUT2D eigenvalue weighted by atomic mass is 16.3. The van der Waals surface area contributed by atoms with Crippen LogP contribution in [0.25, 0.3) is 0 Å². The van der Waals surface area contributed by atoms with Crippen molar-refractivity contribution < 1.29 is 5.11 Å². The number of anilines is 1. The van der Waals surface area contributed by atoms with Crippen molar-refractivity contribution >= 4 is 5.69 Å². The van der Waals surface area contributed by atoms with Gasteiger partial charge in [0.2, 0.25) is 0 Å². The van der Waals surface area contributed by atoms with Gasteiger partial charge in [-0.25, -0.2) is 0 Å². The van der Waals surface area contributed by atoms with Crippen LogP contribution >= 0.6 is 0 Å². The molecule has 1 aliphatic rings. The lowest BCUT2D eigenvalue weighted by Crippen LogP contribution is -2.17. The fourth-order valence-electron chi connectivity index (χ4n) is 2.26. The first kappa shape index (κ1) is 10.3. The third-order valence-electron chi connectivity index (χ3n) is 3.07. The highest BCUT2D eigenvalue weighted by molar-refractivity contribution is 5.48. The molecule has 0 amide bonds. The van der Waals surface area contributed by atoms with Gasteiger partial charge in [-0.15, -0.1) is 0 Å². The molecule has 0 bridgehead atoms. The Balaban J connectivity index is 1.95. The lowest BCUT2D eigenvalue weighted by molar-refractivity contribution is 0.475. The van der Waals surface area contributed by atoms with Crippen molar-refractivity contribution in [1.82, 2.24) is 0 Å². The molecule has 0 aliphatic heterocycles. The van der Waals surface area contributed by atoms with Gasteiger partial charge >= 0.3 is 0 Å². The van der Waals surface area contributed by atoms with Gasteiger partial charge in [0.1, 0.15) is 5.75 Å². The molecule has 0 atom stereocenters. The summed E-state index contributed by atoms with van der Waals surface area (Å²) in [4.78, 5) is 0. The zero-order valence-electron chi connectivity index (χ0n) is 9.08. The lowest BCUT2D eigenvalue weighted by atomic mass is 10.1. The Morgan fingerprint density at radius 2 is 1.80 bits per heavy atom. The number of benzene rings is 1. The maximum absolute atomic E-state index is 9.36. The van der Waals surface area contributed by atoms with Gasteiger partial charge in [0.15, 0.2) is 0 Å². The van der Waals surface area contributed by atoms with Crippen LogP contribution in [0.2, 0.25) is 0 Å². The van der Waals surface area contributed by atoms with Crippen LogP contribution < -0.4 is 5.32 Å². The lowest BCUT2D eigenvalue weighted by Gasteiger charge is -2.17. The van der Waals surface area contributed by atoms with E-state index in [4.69, 9.17) is 0 Å². The van der Waals surface area contributed by atoms with Crippen molar-refractivity contribution in [2.75, 3.05) is 5.32 Å².